The van der Waals surface area contributed by atoms with Gasteiger partial charge in [0.05, 0.1) is 0 Å². The van der Waals surface area contributed by atoms with Crippen molar-refractivity contribution in [1.29, 1.82) is 0 Å². The van der Waals surface area contributed by atoms with Crippen molar-refractivity contribution in [3.63, 3.8) is 0 Å². The fraction of sp³-hybridized carbons (Fsp3) is 0.625. The van der Waals surface area contributed by atoms with Crippen LogP contribution in [0.2, 0.25) is 0 Å². The second-order valence-electron chi connectivity index (χ2n) is 3.48. The van der Waals surface area contributed by atoms with Crippen molar-refractivity contribution < 1.29 is 13.2 Å². The molecule has 0 fully saturated rings. The fourth-order valence-electron chi connectivity index (χ4n) is 1.67. The minimum atomic E-state index is -4.20. The molecule has 0 spiro atoms. The normalized spacial score (nSPS) is 26.9. The zero-order chi connectivity index (χ0) is 10.3. The highest BCUT2D eigenvalue weighted by Gasteiger charge is 2.43. The molecule has 1 aliphatic rings. The van der Waals surface area contributed by atoms with Crippen LogP contribution < -0.4 is 5.32 Å². The van der Waals surface area contributed by atoms with Crippen LogP contribution in [0.5, 0.6) is 0 Å². The van der Waals surface area contributed by atoms with E-state index >= 15 is 0 Å². The third-order valence-electron chi connectivity index (χ3n) is 2.42. The van der Waals surface area contributed by atoms with Crippen molar-refractivity contribution in [2.24, 2.45) is 0 Å². The lowest BCUT2D eigenvalue weighted by molar-refractivity contribution is -0.146. The summed E-state index contributed by atoms with van der Waals surface area (Å²) < 4.78 is 39.0. The molecule has 78 valence electrons. The topological polar surface area (TPSA) is 29.9 Å². The summed E-state index contributed by atoms with van der Waals surface area (Å²) in [6.45, 7) is 1.75. The Balaban J connectivity index is 2.26. The molecule has 0 radical (unpaired) electrons. The third-order valence-corrected chi connectivity index (χ3v) is 2.42. The van der Waals surface area contributed by atoms with Crippen LogP contribution in [0.1, 0.15) is 19.4 Å². The van der Waals surface area contributed by atoms with Gasteiger partial charge in [0.25, 0.3) is 0 Å². The lowest BCUT2D eigenvalue weighted by Gasteiger charge is -2.31. The molecule has 2 atom stereocenters. The molecule has 1 aromatic heterocycles. The maximum atomic E-state index is 12.4. The first kappa shape index (κ1) is 9.36. The van der Waals surface area contributed by atoms with Gasteiger partial charge in [-0.25, -0.2) is 4.98 Å². The van der Waals surface area contributed by atoms with Gasteiger partial charge < -0.3 is 9.88 Å². The third kappa shape index (κ3) is 1.44. The quantitative estimate of drug-likeness (QED) is 0.703. The van der Waals surface area contributed by atoms with Crippen molar-refractivity contribution in [3.8, 4) is 0 Å². The van der Waals surface area contributed by atoms with E-state index in [0.717, 1.165) is 0 Å². The first-order chi connectivity index (χ1) is 6.48. The summed E-state index contributed by atoms with van der Waals surface area (Å²) in [7, 11) is 0. The average molecular weight is 205 g/mol. The number of rotatable bonds is 0. The van der Waals surface area contributed by atoms with Crippen LogP contribution in [0.4, 0.5) is 19.1 Å². The molecule has 2 rings (SSSR count). The van der Waals surface area contributed by atoms with Crippen molar-refractivity contribution in [2.45, 2.75) is 31.6 Å². The highest BCUT2D eigenvalue weighted by molar-refractivity contribution is 5.31. The van der Waals surface area contributed by atoms with E-state index in [0.29, 0.717) is 5.95 Å². The molecule has 1 aliphatic heterocycles. The Bertz CT molecular complexity index is 331. The molecule has 0 aliphatic carbocycles. The van der Waals surface area contributed by atoms with Gasteiger partial charge in [-0.1, -0.05) is 0 Å². The zero-order valence-electron chi connectivity index (χ0n) is 7.54. The van der Waals surface area contributed by atoms with Crippen LogP contribution >= 0.6 is 0 Å². The van der Waals surface area contributed by atoms with E-state index in [4.69, 9.17) is 0 Å². The second kappa shape index (κ2) is 2.90. The minimum Gasteiger partial charge on any atom is -0.344 e. The number of hydrogen-bond donors (Lipinski definition) is 1. The predicted octanol–water partition coefficient (Wildman–Crippen LogP) is 2.19. The van der Waals surface area contributed by atoms with Crippen LogP contribution in [0.3, 0.4) is 0 Å². The number of nitrogens with zero attached hydrogens (tertiary/aromatic N) is 2. The summed E-state index contributed by atoms with van der Waals surface area (Å²) in [6, 6.07) is -1.65. The van der Waals surface area contributed by atoms with Gasteiger partial charge in [-0.05, 0) is 13.3 Å². The smallest absolute Gasteiger partial charge is 0.344 e. The van der Waals surface area contributed by atoms with Gasteiger partial charge in [0.2, 0.25) is 5.95 Å². The van der Waals surface area contributed by atoms with E-state index in [1.807, 2.05) is 0 Å². The number of imidazole rings is 1. The maximum Gasteiger partial charge on any atom is 0.408 e. The highest BCUT2D eigenvalue weighted by Crippen LogP contribution is 2.33. The second-order valence-corrected chi connectivity index (χ2v) is 3.48. The number of anilines is 1. The zero-order valence-corrected chi connectivity index (χ0v) is 7.54. The number of hydrogen-bond acceptors (Lipinski definition) is 2. The SMILES string of the molecule is CC1CC(C(F)(F)F)Nc2nccn21. The number of halogens is 3. The molecule has 1 N–H and O–H groups in total. The van der Waals surface area contributed by atoms with Gasteiger partial charge in [-0.3, -0.25) is 0 Å². The summed E-state index contributed by atoms with van der Waals surface area (Å²) in [5.41, 5.74) is 0. The number of fused-ring (bicyclic) bond motifs is 1. The Morgan fingerprint density at radius 2 is 2.29 bits per heavy atom. The van der Waals surface area contributed by atoms with Crippen LogP contribution in [0, 0.1) is 0 Å². The Morgan fingerprint density at radius 3 is 2.93 bits per heavy atom. The first-order valence-electron chi connectivity index (χ1n) is 4.34. The molecule has 3 nitrogen and oxygen atoms in total. The molecular weight excluding hydrogens is 195 g/mol. The molecule has 0 bridgehead atoms. The Morgan fingerprint density at radius 1 is 1.57 bits per heavy atom. The van der Waals surface area contributed by atoms with Crippen molar-refractivity contribution in [3.05, 3.63) is 12.4 Å². The monoisotopic (exact) mass is 205 g/mol. The van der Waals surface area contributed by atoms with E-state index in [1.54, 1.807) is 17.7 Å². The van der Waals surface area contributed by atoms with E-state index in [9.17, 15) is 13.2 Å². The van der Waals surface area contributed by atoms with Gasteiger partial charge in [0, 0.05) is 18.4 Å². The van der Waals surface area contributed by atoms with Gasteiger partial charge in [-0.15, -0.1) is 0 Å². The lowest BCUT2D eigenvalue weighted by atomic mass is 10.1. The molecule has 0 aromatic carbocycles. The van der Waals surface area contributed by atoms with Crippen LogP contribution in [0.25, 0.3) is 0 Å². The molecule has 0 saturated carbocycles. The largest absolute Gasteiger partial charge is 0.408 e. The molecule has 2 heterocycles. The van der Waals surface area contributed by atoms with Crippen LogP contribution in [-0.4, -0.2) is 21.8 Å². The van der Waals surface area contributed by atoms with Crippen LogP contribution in [-0.2, 0) is 0 Å². The van der Waals surface area contributed by atoms with Crippen molar-refractivity contribution in [1.82, 2.24) is 9.55 Å². The van der Waals surface area contributed by atoms with E-state index in [-0.39, 0.29) is 12.5 Å². The molecule has 6 heteroatoms. The molecule has 2 unspecified atom stereocenters. The van der Waals surface area contributed by atoms with Gasteiger partial charge in [-0.2, -0.15) is 13.2 Å². The van der Waals surface area contributed by atoms with Crippen molar-refractivity contribution >= 4 is 5.95 Å². The highest BCUT2D eigenvalue weighted by atomic mass is 19.4. The molecule has 0 amide bonds. The Labute approximate surface area is 78.9 Å². The number of alkyl halides is 3. The average Bonchev–Trinajstić information content (AvgIpc) is 2.50. The van der Waals surface area contributed by atoms with E-state index in [2.05, 4.69) is 10.3 Å². The standard InChI is InChI=1S/C8H10F3N3/c1-5-4-6(8(9,10)11)13-7-12-2-3-14(5)7/h2-3,5-6H,4H2,1H3,(H,12,13). The lowest BCUT2D eigenvalue weighted by Crippen LogP contribution is -2.41. The van der Waals surface area contributed by atoms with Crippen LogP contribution in [0.15, 0.2) is 12.4 Å². The summed E-state index contributed by atoms with van der Waals surface area (Å²) in [4.78, 5) is 3.82. The predicted molar refractivity (Wildman–Crippen MR) is 45.0 cm³/mol. The van der Waals surface area contributed by atoms with Gasteiger partial charge in [0.15, 0.2) is 0 Å². The van der Waals surface area contributed by atoms with E-state index < -0.39 is 12.2 Å². The Kier molecular flexibility index (Phi) is 1.94. The van der Waals surface area contributed by atoms with Gasteiger partial charge in [0.1, 0.15) is 6.04 Å². The summed E-state index contributed by atoms with van der Waals surface area (Å²) >= 11 is 0. The summed E-state index contributed by atoms with van der Waals surface area (Å²) in [5, 5.41) is 2.37. The number of aromatic nitrogens is 2. The molecule has 0 saturated heterocycles. The van der Waals surface area contributed by atoms with Crippen molar-refractivity contribution in [2.75, 3.05) is 5.32 Å². The number of nitrogens with one attached hydrogen (secondary N) is 1. The first-order valence-corrected chi connectivity index (χ1v) is 4.34. The summed E-state index contributed by atoms with van der Waals surface area (Å²) in [6.07, 6.45) is -0.977. The molecular formula is C8H10F3N3. The Hall–Kier alpha value is -1.20. The van der Waals surface area contributed by atoms with E-state index in [1.165, 1.54) is 6.20 Å². The van der Waals surface area contributed by atoms with Gasteiger partial charge >= 0.3 is 6.18 Å². The summed E-state index contributed by atoms with van der Waals surface area (Å²) in [5.74, 6) is 0.297. The molecule has 14 heavy (non-hydrogen) atoms. The fourth-order valence-corrected chi connectivity index (χ4v) is 1.67. The maximum absolute atomic E-state index is 12.4. The molecule has 1 aromatic rings. The minimum absolute atomic E-state index is 0.0485.